The standard InChI is InChI=1S/C17H10ClF2N3/c18-11-5-6-12-13(15(11)20)14(17-21-7-8-22-17)16(23-12)9-1-3-10(19)4-2-9/h1-8,23H,(H,21,22). The number of nitrogens with one attached hydrogen (secondary N) is 2. The molecular formula is C17H10ClF2N3. The number of aromatic amines is 2. The first-order chi connectivity index (χ1) is 11.1. The third-order valence-electron chi connectivity index (χ3n) is 3.72. The molecule has 4 rings (SSSR count). The minimum atomic E-state index is -0.514. The zero-order valence-corrected chi connectivity index (χ0v) is 12.5. The summed E-state index contributed by atoms with van der Waals surface area (Å²) in [6, 6.07) is 9.18. The number of hydrogen-bond acceptors (Lipinski definition) is 1. The number of nitrogens with zero attached hydrogens (tertiary/aromatic N) is 1. The highest BCUT2D eigenvalue weighted by molar-refractivity contribution is 6.31. The molecule has 2 aromatic carbocycles. The quantitative estimate of drug-likeness (QED) is 0.524. The normalized spacial score (nSPS) is 11.3. The maximum absolute atomic E-state index is 14.6. The summed E-state index contributed by atoms with van der Waals surface area (Å²) >= 11 is 5.93. The second-order valence-corrected chi connectivity index (χ2v) is 5.51. The second kappa shape index (κ2) is 5.21. The Labute approximate surface area is 134 Å². The number of aromatic nitrogens is 3. The van der Waals surface area contributed by atoms with Gasteiger partial charge in [-0.25, -0.2) is 13.8 Å². The van der Waals surface area contributed by atoms with Crippen molar-refractivity contribution in [3.63, 3.8) is 0 Å². The van der Waals surface area contributed by atoms with Crippen molar-refractivity contribution in [1.29, 1.82) is 0 Å². The van der Waals surface area contributed by atoms with E-state index in [1.807, 2.05) is 0 Å². The van der Waals surface area contributed by atoms with E-state index in [1.165, 1.54) is 18.2 Å². The Morgan fingerprint density at radius 3 is 2.48 bits per heavy atom. The Balaban J connectivity index is 2.10. The van der Waals surface area contributed by atoms with Crippen LogP contribution >= 0.6 is 11.6 Å². The largest absolute Gasteiger partial charge is 0.354 e. The lowest BCUT2D eigenvalue weighted by molar-refractivity contribution is 0.628. The van der Waals surface area contributed by atoms with Gasteiger partial charge in [0.05, 0.1) is 16.3 Å². The SMILES string of the molecule is Fc1ccc(-c2[nH]c3ccc(Cl)c(F)c3c2-c2ncc[nH]2)cc1. The fraction of sp³-hybridized carbons (Fsp3) is 0. The van der Waals surface area contributed by atoms with Crippen molar-refractivity contribution in [1.82, 2.24) is 15.0 Å². The minimum Gasteiger partial charge on any atom is -0.354 e. The van der Waals surface area contributed by atoms with Gasteiger partial charge in [0.15, 0.2) is 5.82 Å². The number of hydrogen-bond donors (Lipinski definition) is 2. The van der Waals surface area contributed by atoms with Gasteiger partial charge in [0.2, 0.25) is 0 Å². The van der Waals surface area contributed by atoms with Gasteiger partial charge in [-0.1, -0.05) is 11.6 Å². The molecule has 0 saturated heterocycles. The molecule has 0 aliphatic heterocycles. The van der Waals surface area contributed by atoms with Crippen molar-refractivity contribution < 1.29 is 8.78 Å². The molecule has 2 N–H and O–H groups in total. The topological polar surface area (TPSA) is 44.5 Å². The second-order valence-electron chi connectivity index (χ2n) is 5.10. The molecule has 0 unspecified atom stereocenters. The molecular weight excluding hydrogens is 320 g/mol. The van der Waals surface area contributed by atoms with E-state index in [4.69, 9.17) is 11.6 Å². The maximum atomic E-state index is 14.6. The van der Waals surface area contributed by atoms with Crippen molar-refractivity contribution in [2.75, 3.05) is 0 Å². The maximum Gasteiger partial charge on any atom is 0.151 e. The fourth-order valence-electron chi connectivity index (χ4n) is 2.69. The van der Waals surface area contributed by atoms with Gasteiger partial charge in [-0.3, -0.25) is 0 Å². The highest BCUT2D eigenvalue weighted by Gasteiger charge is 2.21. The van der Waals surface area contributed by atoms with Gasteiger partial charge >= 0.3 is 0 Å². The number of rotatable bonds is 2. The molecule has 114 valence electrons. The first-order valence-electron chi connectivity index (χ1n) is 6.90. The van der Waals surface area contributed by atoms with Crippen LogP contribution in [-0.2, 0) is 0 Å². The number of imidazole rings is 1. The molecule has 0 aliphatic carbocycles. The number of benzene rings is 2. The van der Waals surface area contributed by atoms with Gasteiger partial charge in [0.1, 0.15) is 11.6 Å². The van der Waals surface area contributed by atoms with E-state index >= 15 is 0 Å². The van der Waals surface area contributed by atoms with Crippen LogP contribution in [0.4, 0.5) is 8.78 Å². The summed E-state index contributed by atoms with van der Waals surface area (Å²) < 4.78 is 27.8. The predicted molar refractivity (Wildman–Crippen MR) is 86.2 cm³/mol. The van der Waals surface area contributed by atoms with E-state index in [0.29, 0.717) is 28.0 Å². The molecule has 4 aromatic rings. The molecule has 0 atom stereocenters. The predicted octanol–water partition coefficient (Wildman–Crippen LogP) is 5.16. The molecule has 2 heterocycles. The molecule has 3 nitrogen and oxygen atoms in total. The molecule has 0 aliphatic rings. The summed E-state index contributed by atoms with van der Waals surface area (Å²) in [4.78, 5) is 10.4. The third kappa shape index (κ3) is 2.21. The average molecular weight is 330 g/mol. The zero-order chi connectivity index (χ0) is 16.0. The summed E-state index contributed by atoms with van der Waals surface area (Å²) in [6.45, 7) is 0. The molecule has 6 heteroatoms. The Hall–Kier alpha value is -2.66. The zero-order valence-electron chi connectivity index (χ0n) is 11.7. The molecule has 0 saturated carbocycles. The fourth-order valence-corrected chi connectivity index (χ4v) is 2.85. The molecule has 0 spiro atoms. The first-order valence-corrected chi connectivity index (χ1v) is 7.28. The van der Waals surface area contributed by atoms with Gasteiger partial charge in [0, 0.05) is 23.3 Å². The van der Waals surface area contributed by atoms with E-state index in [0.717, 1.165) is 5.56 Å². The Bertz CT molecular complexity index is 989. The highest BCUT2D eigenvalue weighted by atomic mass is 35.5. The Kier molecular flexibility index (Phi) is 3.16. The van der Waals surface area contributed by atoms with Crippen LogP contribution in [0.3, 0.4) is 0 Å². The van der Waals surface area contributed by atoms with Crippen LogP contribution < -0.4 is 0 Å². The summed E-state index contributed by atoms with van der Waals surface area (Å²) in [5, 5.41) is 0.390. The average Bonchev–Trinajstić information content (AvgIpc) is 3.19. The minimum absolute atomic E-state index is 0.0370. The number of fused-ring (bicyclic) bond motifs is 1. The molecule has 0 bridgehead atoms. The lowest BCUT2D eigenvalue weighted by Gasteiger charge is -2.03. The van der Waals surface area contributed by atoms with Crippen LogP contribution in [0.15, 0.2) is 48.8 Å². The van der Waals surface area contributed by atoms with Crippen LogP contribution in [0.2, 0.25) is 5.02 Å². The highest BCUT2D eigenvalue weighted by Crippen LogP contribution is 2.39. The monoisotopic (exact) mass is 329 g/mol. The van der Waals surface area contributed by atoms with Crippen molar-refractivity contribution in [2.45, 2.75) is 0 Å². The van der Waals surface area contributed by atoms with Crippen LogP contribution in [0, 0.1) is 11.6 Å². The molecule has 0 amide bonds. The van der Waals surface area contributed by atoms with E-state index in [1.54, 1.807) is 30.6 Å². The summed E-state index contributed by atoms with van der Waals surface area (Å²) in [6.07, 6.45) is 3.25. The number of H-pyrrole nitrogens is 2. The molecule has 23 heavy (non-hydrogen) atoms. The van der Waals surface area contributed by atoms with Crippen molar-refractivity contribution in [2.24, 2.45) is 0 Å². The van der Waals surface area contributed by atoms with Gasteiger partial charge in [-0.2, -0.15) is 0 Å². The van der Waals surface area contributed by atoms with E-state index in [9.17, 15) is 8.78 Å². The van der Waals surface area contributed by atoms with E-state index in [-0.39, 0.29) is 10.8 Å². The number of halogens is 3. The summed E-state index contributed by atoms with van der Waals surface area (Å²) in [5.74, 6) is -0.337. The molecule has 0 fully saturated rings. The summed E-state index contributed by atoms with van der Waals surface area (Å²) in [5.41, 5.74) is 2.54. The van der Waals surface area contributed by atoms with Crippen LogP contribution in [0.1, 0.15) is 0 Å². The van der Waals surface area contributed by atoms with Crippen molar-refractivity contribution in [3.8, 4) is 22.6 Å². The van der Waals surface area contributed by atoms with E-state index < -0.39 is 5.82 Å². The van der Waals surface area contributed by atoms with Gasteiger partial charge in [-0.05, 0) is 42.0 Å². The lowest BCUT2D eigenvalue weighted by Crippen LogP contribution is -1.87. The third-order valence-corrected chi connectivity index (χ3v) is 4.01. The first kappa shape index (κ1) is 14.0. The van der Waals surface area contributed by atoms with Crippen molar-refractivity contribution in [3.05, 3.63) is 65.4 Å². The van der Waals surface area contributed by atoms with Crippen LogP contribution in [0.5, 0.6) is 0 Å². The van der Waals surface area contributed by atoms with E-state index in [2.05, 4.69) is 15.0 Å². The van der Waals surface area contributed by atoms with Gasteiger partial charge in [0.25, 0.3) is 0 Å². The molecule has 2 aromatic heterocycles. The van der Waals surface area contributed by atoms with Crippen LogP contribution in [0.25, 0.3) is 33.5 Å². The Morgan fingerprint density at radius 1 is 1.00 bits per heavy atom. The summed E-state index contributed by atoms with van der Waals surface area (Å²) in [7, 11) is 0. The van der Waals surface area contributed by atoms with Gasteiger partial charge < -0.3 is 9.97 Å². The molecule has 0 radical (unpaired) electrons. The lowest BCUT2D eigenvalue weighted by atomic mass is 10.0. The van der Waals surface area contributed by atoms with Crippen molar-refractivity contribution >= 4 is 22.5 Å². The van der Waals surface area contributed by atoms with Gasteiger partial charge in [-0.15, -0.1) is 0 Å². The smallest absolute Gasteiger partial charge is 0.151 e. The Morgan fingerprint density at radius 2 is 1.78 bits per heavy atom. The van der Waals surface area contributed by atoms with Crippen LogP contribution in [-0.4, -0.2) is 15.0 Å².